The molecule has 1 heterocycles. The molecular formula is C18H24N2. The fourth-order valence-corrected chi connectivity index (χ4v) is 3.95. The molecule has 2 nitrogen and oxygen atoms in total. The average Bonchev–Trinajstić information content (AvgIpc) is 2.45. The Morgan fingerprint density at radius 3 is 2.50 bits per heavy atom. The number of hydrogen-bond acceptors (Lipinski definition) is 2. The maximum atomic E-state index is 6.62. The fourth-order valence-electron chi connectivity index (χ4n) is 3.95. The van der Waals surface area contributed by atoms with Gasteiger partial charge in [-0.25, -0.2) is 0 Å². The van der Waals surface area contributed by atoms with E-state index in [9.17, 15) is 0 Å². The first-order valence-electron chi connectivity index (χ1n) is 7.74. The van der Waals surface area contributed by atoms with Crippen LogP contribution in [-0.2, 0) is 0 Å². The lowest BCUT2D eigenvalue weighted by Crippen LogP contribution is -2.29. The predicted molar refractivity (Wildman–Crippen MR) is 84.3 cm³/mol. The van der Waals surface area contributed by atoms with E-state index in [0.717, 1.165) is 17.4 Å². The van der Waals surface area contributed by atoms with Gasteiger partial charge < -0.3 is 5.73 Å². The Bertz CT molecular complexity index is 577. The molecule has 2 N–H and O–H groups in total. The number of fused-ring (bicyclic) bond motifs is 1. The first-order valence-corrected chi connectivity index (χ1v) is 7.74. The van der Waals surface area contributed by atoms with Crippen molar-refractivity contribution in [2.75, 3.05) is 0 Å². The molecule has 1 saturated carbocycles. The van der Waals surface area contributed by atoms with Gasteiger partial charge in [0.15, 0.2) is 0 Å². The van der Waals surface area contributed by atoms with E-state index in [2.05, 4.69) is 43.1 Å². The van der Waals surface area contributed by atoms with Crippen LogP contribution in [-0.4, -0.2) is 4.98 Å². The smallest absolute Gasteiger partial charge is 0.0749 e. The topological polar surface area (TPSA) is 38.9 Å². The highest BCUT2D eigenvalue weighted by atomic mass is 14.7. The van der Waals surface area contributed by atoms with Gasteiger partial charge in [-0.3, -0.25) is 4.98 Å². The van der Waals surface area contributed by atoms with E-state index in [0.29, 0.717) is 5.92 Å². The highest BCUT2D eigenvalue weighted by Gasteiger charge is 2.29. The Morgan fingerprint density at radius 1 is 1.05 bits per heavy atom. The van der Waals surface area contributed by atoms with E-state index in [1.807, 2.05) is 12.3 Å². The van der Waals surface area contributed by atoms with Crippen LogP contribution >= 0.6 is 0 Å². The van der Waals surface area contributed by atoms with E-state index in [4.69, 9.17) is 5.73 Å². The number of aromatic nitrogens is 1. The van der Waals surface area contributed by atoms with Gasteiger partial charge >= 0.3 is 0 Å². The standard InChI is InChI=1S/C18H24N2/c1-12-9-13(2)11-15(10-12)17(19)16-7-3-5-14-6-4-8-20-18(14)16/h3-8,12-13,15,17H,9-11,19H2,1-2H3. The van der Waals surface area contributed by atoms with E-state index >= 15 is 0 Å². The number of rotatable bonds is 2. The summed E-state index contributed by atoms with van der Waals surface area (Å²) in [5, 5.41) is 1.19. The van der Waals surface area contributed by atoms with Gasteiger partial charge in [0.05, 0.1) is 5.52 Å². The van der Waals surface area contributed by atoms with Crippen molar-refractivity contribution in [1.29, 1.82) is 0 Å². The molecule has 0 saturated heterocycles. The van der Waals surface area contributed by atoms with Crippen LogP contribution in [0.1, 0.15) is 44.7 Å². The minimum Gasteiger partial charge on any atom is -0.324 e. The second kappa shape index (κ2) is 5.53. The lowest BCUT2D eigenvalue weighted by atomic mass is 9.72. The predicted octanol–water partition coefficient (Wildman–Crippen LogP) is 4.31. The minimum atomic E-state index is 0.110. The van der Waals surface area contributed by atoms with Crippen LogP contribution in [0, 0.1) is 17.8 Å². The summed E-state index contributed by atoms with van der Waals surface area (Å²) in [5.41, 5.74) is 8.91. The number of nitrogens with zero attached hydrogens (tertiary/aromatic N) is 1. The molecule has 2 aromatic rings. The Morgan fingerprint density at radius 2 is 1.75 bits per heavy atom. The molecule has 3 atom stereocenters. The molecule has 3 rings (SSSR count). The molecule has 20 heavy (non-hydrogen) atoms. The molecule has 1 aromatic heterocycles. The minimum absolute atomic E-state index is 0.110. The van der Waals surface area contributed by atoms with Crippen LogP contribution in [0.3, 0.4) is 0 Å². The second-order valence-corrected chi connectivity index (χ2v) is 6.63. The number of benzene rings is 1. The van der Waals surface area contributed by atoms with E-state index < -0.39 is 0 Å². The summed E-state index contributed by atoms with van der Waals surface area (Å²) in [5.74, 6) is 2.16. The SMILES string of the molecule is CC1CC(C)CC(C(N)c2cccc3cccnc23)C1. The summed E-state index contributed by atoms with van der Waals surface area (Å²) in [6.45, 7) is 4.72. The Balaban J connectivity index is 1.94. The molecule has 1 fully saturated rings. The van der Waals surface area contributed by atoms with Gasteiger partial charge in [0, 0.05) is 17.6 Å². The van der Waals surface area contributed by atoms with Gasteiger partial charge in [-0.05, 0) is 48.6 Å². The Labute approximate surface area is 121 Å². The van der Waals surface area contributed by atoms with Crippen LogP contribution in [0.4, 0.5) is 0 Å². The maximum Gasteiger partial charge on any atom is 0.0749 e. The van der Waals surface area contributed by atoms with Gasteiger partial charge in [-0.1, -0.05) is 38.1 Å². The first kappa shape index (κ1) is 13.6. The largest absolute Gasteiger partial charge is 0.324 e. The molecule has 1 aromatic carbocycles. The molecule has 0 amide bonds. The summed E-state index contributed by atoms with van der Waals surface area (Å²) in [6, 6.07) is 10.6. The number of pyridine rings is 1. The first-order chi connectivity index (χ1) is 9.65. The van der Waals surface area contributed by atoms with Crippen LogP contribution < -0.4 is 5.73 Å². The van der Waals surface area contributed by atoms with Crippen molar-refractivity contribution >= 4 is 10.9 Å². The molecule has 0 radical (unpaired) electrons. The van der Waals surface area contributed by atoms with Gasteiger partial charge in [0.1, 0.15) is 0 Å². The summed E-state index contributed by atoms with van der Waals surface area (Å²) < 4.78 is 0. The van der Waals surface area contributed by atoms with Crippen LogP contribution in [0.2, 0.25) is 0 Å². The van der Waals surface area contributed by atoms with Crippen molar-refractivity contribution < 1.29 is 0 Å². The van der Waals surface area contributed by atoms with Crippen molar-refractivity contribution in [3.05, 3.63) is 42.1 Å². The second-order valence-electron chi connectivity index (χ2n) is 6.63. The number of para-hydroxylation sites is 1. The summed E-state index contributed by atoms with van der Waals surface area (Å²) >= 11 is 0. The third-order valence-electron chi connectivity index (χ3n) is 4.75. The lowest BCUT2D eigenvalue weighted by Gasteiger charge is -2.35. The van der Waals surface area contributed by atoms with Crippen molar-refractivity contribution in [2.45, 2.75) is 39.2 Å². The maximum absolute atomic E-state index is 6.62. The highest BCUT2D eigenvalue weighted by molar-refractivity contribution is 5.82. The van der Waals surface area contributed by atoms with Crippen LogP contribution in [0.25, 0.3) is 10.9 Å². The highest BCUT2D eigenvalue weighted by Crippen LogP contribution is 2.39. The molecule has 0 spiro atoms. The van der Waals surface area contributed by atoms with Crippen LogP contribution in [0.5, 0.6) is 0 Å². The van der Waals surface area contributed by atoms with Gasteiger partial charge in [-0.2, -0.15) is 0 Å². The molecule has 3 unspecified atom stereocenters. The summed E-state index contributed by atoms with van der Waals surface area (Å²) in [4.78, 5) is 4.56. The molecule has 1 aliphatic carbocycles. The molecule has 2 heteroatoms. The van der Waals surface area contributed by atoms with Crippen molar-refractivity contribution in [3.8, 4) is 0 Å². The molecule has 0 aliphatic heterocycles. The number of hydrogen-bond donors (Lipinski definition) is 1. The zero-order chi connectivity index (χ0) is 14.1. The zero-order valence-electron chi connectivity index (χ0n) is 12.4. The Hall–Kier alpha value is -1.41. The molecule has 1 aliphatic rings. The lowest BCUT2D eigenvalue weighted by molar-refractivity contribution is 0.194. The molecule has 0 bridgehead atoms. The molecule has 106 valence electrons. The number of nitrogens with two attached hydrogens (primary N) is 1. The van der Waals surface area contributed by atoms with Gasteiger partial charge in [0.25, 0.3) is 0 Å². The van der Waals surface area contributed by atoms with Crippen molar-refractivity contribution in [1.82, 2.24) is 4.98 Å². The third kappa shape index (κ3) is 2.57. The van der Waals surface area contributed by atoms with Gasteiger partial charge in [-0.15, -0.1) is 0 Å². The molecular weight excluding hydrogens is 244 g/mol. The normalized spacial score (nSPS) is 28.4. The summed E-state index contributed by atoms with van der Waals surface area (Å²) in [6.07, 6.45) is 5.70. The quantitative estimate of drug-likeness (QED) is 0.881. The van der Waals surface area contributed by atoms with Crippen LogP contribution in [0.15, 0.2) is 36.5 Å². The van der Waals surface area contributed by atoms with E-state index in [1.54, 1.807) is 0 Å². The monoisotopic (exact) mass is 268 g/mol. The average molecular weight is 268 g/mol. The summed E-state index contributed by atoms with van der Waals surface area (Å²) in [7, 11) is 0. The Kier molecular flexibility index (Phi) is 3.75. The van der Waals surface area contributed by atoms with E-state index in [-0.39, 0.29) is 6.04 Å². The van der Waals surface area contributed by atoms with Crippen molar-refractivity contribution in [3.63, 3.8) is 0 Å². The third-order valence-corrected chi connectivity index (χ3v) is 4.75. The fraction of sp³-hybridized carbons (Fsp3) is 0.500. The van der Waals surface area contributed by atoms with Gasteiger partial charge in [0.2, 0.25) is 0 Å². The zero-order valence-corrected chi connectivity index (χ0v) is 12.4. The van der Waals surface area contributed by atoms with E-state index in [1.165, 1.54) is 30.2 Å². The van der Waals surface area contributed by atoms with Crippen molar-refractivity contribution in [2.24, 2.45) is 23.5 Å².